The molecule has 0 radical (unpaired) electrons. The summed E-state index contributed by atoms with van der Waals surface area (Å²) in [5.74, 6) is -0.00940. The van der Waals surface area contributed by atoms with Gasteiger partial charge in [0.1, 0.15) is 6.61 Å². The maximum atomic E-state index is 11.1. The first-order chi connectivity index (χ1) is 6.83. The Hall–Kier alpha value is -0.610. The highest BCUT2D eigenvalue weighted by Crippen LogP contribution is 2.07. The van der Waals surface area contributed by atoms with Gasteiger partial charge in [-0.05, 0) is 32.7 Å². The SMILES string of the molecule is CCOCC(=O)NCC[C@H]1CCCN1. The zero-order valence-electron chi connectivity index (χ0n) is 8.84. The number of carbonyl (C=O) groups is 1. The van der Waals surface area contributed by atoms with Gasteiger partial charge in [0.25, 0.3) is 0 Å². The molecule has 0 aromatic heterocycles. The van der Waals surface area contributed by atoms with Crippen LogP contribution >= 0.6 is 0 Å². The quantitative estimate of drug-likeness (QED) is 0.647. The molecule has 4 nitrogen and oxygen atoms in total. The van der Waals surface area contributed by atoms with Crippen LogP contribution < -0.4 is 10.6 Å². The predicted molar refractivity (Wildman–Crippen MR) is 55.1 cm³/mol. The smallest absolute Gasteiger partial charge is 0.245 e. The van der Waals surface area contributed by atoms with Crippen LogP contribution in [0.2, 0.25) is 0 Å². The summed E-state index contributed by atoms with van der Waals surface area (Å²) in [6, 6.07) is 0.599. The zero-order valence-corrected chi connectivity index (χ0v) is 8.84. The number of hydrogen-bond donors (Lipinski definition) is 2. The van der Waals surface area contributed by atoms with Gasteiger partial charge in [0.2, 0.25) is 5.91 Å². The third-order valence-electron chi connectivity index (χ3n) is 2.41. The molecule has 0 unspecified atom stereocenters. The molecule has 14 heavy (non-hydrogen) atoms. The predicted octanol–water partition coefficient (Wildman–Crippen LogP) is 0.281. The minimum absolute atomic E-state index is 0.00940. The van der Waals surface area contributed by atoms with E-state index in [1.54, 1.807) is 0 Å². The van der Waals surface area contributed by atoms with Gasteiger partial charge in [0.05, 0.1) is 0 Å². The molecule has 1 heterocycles. The van der Waals surface area contributed by atoms with Gasteiger partial charge >= 0.3 is 0 Å². The van der Waals surface area contributed by atoms with Crippen molar-refractivity contribution >= 4 is 5.91 Å². The fourth-order valence-electron chi connectivity index (χ4n) is 1.63. The van der Waals surface area contributed by atoms with Crippen molar-refractivity contribution in [2.45, 2.75) is 32.2 Å². The summed E-state index contributed by atoms with van der Waals surface area (Å²) in [5.41, 5.74) is 0. The molecule has 1 aliphatic heterocycles. The first-order valence-corrected chi connectivity index (χ1v) is 5.40. The highest BCUT2D eigenvalue weighted by atomic mass is 16.5. The van der Waals surface area contributed by atoms with E-state index in [0.717, 1.165) is 19.5 Å². The Morgan fingerprint density at radius 1 is 1.64 bits per heavy atom. The second-order valence-corrected chi connectivity index (χ2v) is 3.57. The van der Waals surface area contributed by atoms with Crippen LogP contribution in [0.1, 0.15) is 26.2 Å². The molecule has 2 N–H and O–H groups in total. The molecule has 82 valence electrons. The van der Waals surface area contributed by atoms with Crippen molar-refractivity contribution in [3.8, 4) is 0 Å². The molecule has 1 fully saturated rings. The second kappa shape index (κ2) is 6.79. The number of nitrogens with one attached hydrogen (secondary N) is 2. The van der Waals surface area contributed by atoms with Gasteiger partial charge in [-0.2, -0.15) is 0 Å². The van der Waals surface area contributed by atoms with E-state index >= 15 is 0 Å². The van der Waals surface area contributed by atoms with E-state index in [1.165, 1.54) is 12.8 Å². The maximum Gasteiger partial charge on any atom is 0.245 e. The fraction of sp³-hybridized carbons (Fsp3) is 0.900. The Bertz CT molecular complexity index is 168. The molecule has 0 aromatic carbocycles. The molecule has 1 amide bonds. The van der Waals surface area contributed by atoms with Crippen molar-refractivity contribution in [1.82, 2.24) is 10.6 Å². The maximum absolute atomic E-state index is 11.1. The molecule has 4 heteroatoms. The summed E-state index contributed by atoms with van der Waals surface area (Å²) in [4.78, 5) is 11.1. The van der Waals surface area contributed by atoms with E-state index in [4.69, 9.17) is 4.74 Å². The van der Waals surface area contributed by atoms with Crippen LogP contribution in [0.25, 0.3) is 0 Å². The Labute approximate surface area is 85.4 Å². The van der Waals surface area contributed by atoms with Crippen LogP contribution in [-0.2, 0) is 9.53 Å². The lowest BCUT2D eigenvalue weighted by Gasteiger charge is -2.10. The summed E-state index contributed by atoms with van der Waals surface area (Å²) in [6.45, 7) is 4.54. The average molecular weight is 200 g/mol. The molecule has 1 atom stereocenters. The standard InChI is InChI=1S/C10H20N2O2/c1-2-14-8-10(13)12-7-5-9-4-3-6-11-9/h9,11H,2-8H2,1H3,(H,12,13)/t9-/m1/s1. The van der Waals surface area contributed by atoms with Crippen molar-refractivity contribution < 1.29 is 9.53 Å². The van der Waals surface area contributed by atoms with E-state index in [9.17, 15) is 4.79 Å². The molecule has 0 spiro atoms. The van der Waals surface area contributed by atoms with Crippen LogP contribution in [0.5, 0.6) is 0 Å². The molecular formula is C10H20N2O2. The number of amides is 1. The first kappa shape index (κ1) is 11.5. The summed E-state index contributed by atoms with van der Waals surface area (Å²) in [7, 11) is 0. The monoisotopic (exact) mass is 200 g/mol. The lowest BCUT2D eigenvalue weighted by molar-refractivity contribution is -0.125. The lowest BCUT2D eigenvalue weighted by Crippen LogP contribution is -2.32. The van der Waals surface area contributed by atoms with Crippen molar-refractivity contribution in [2.75, 3.05) is 26.3 Å². The van der Waals surface area contributed by atoms with E-state index in [2.05, 4.69) is 10.6 Å². The second-order valence-electron chi connectivity index (χ2n) is 3.57. The number of ether oxygens (including phenoxy) is 1. The number of carbonyl (C=O) groups excluding carboxylic acids is 1. The van der Waals surface area contributed by atoms with Gasteiger partial charge in [0.15, 0.2) is 0 Å². The molecule has 1 rings (SSSR count). The third-order valence-corrected chi connectivity index (χ3v) is 2.41. The summed E-state index contributed by atoms with van der Waals surface area (Å²) >= 11 is 0. The Balaban J connectivity index is 1.94. The summed E-state index contributed by atoms with van der Waals surface area (Å²) in [5, 5.41) is 6.23. The van der Waals surface area contributed by atoms with E-state index < -0.39 is 0 Å². The molecule has 0 aromatic rings. The van der Waals surface area contributed by atoms with Crippen LogP contribution in [0, 0.1) is 0 Å². The molecule has 0 saturated carbocycles. The minimum atomic E-state index is -0.00940. The number of hydrogen-bond acceptors (Lipinski definition) is 3. The largest absolute Gasteiger partial charge is 0.372 e. The van der Waals surface area contributed by atoms with Crippen molar-refractivity contribution in [3.05, 3.63) is 0 Å². The van der Waals surface area contributed by atoms with Crippen molar-refractivity contribution in [3.63, 3.8) is 0 Å². The Morgan fingerprint density at radius 2 is 2.50 bits per heavy atom. The van der Waals surface area contributed by atoms with Gasteiger partial charge in [-0.15, -0.1) is 0 Å². The zero-order chi connectivity index (χ0) is 10.2. The van der Waals surface area contributed by atoms with Crippen molar-refractivity contribution in [2.24, 2.45) is 0 Å². The highest BCUT2D eigenvalue weighted by molar-refractivity contribution is 5.77. The topological polar surface area (TPSA) is 50.4 Å². The molecule has 1 aliphatic rings. The molecule has 1 saturated heterocycles. The van der Waals surface area contributed by atoms with Crippen LogP contribution in [0.4, 0.5) is 0 Å². The van der Waals surface area contributed by atoms with E-state index in [-0.39, 0.29) is 12.5 Å². The van der Waals surface area contributed by atoms with Gasteiger partial charge in [-0.1, -0.05) is 0 Å². The van der Waals surface area contributed by atoms with E-state index in [1.807, 2.05) is 6.92 Å². The van der Waals surface area contributed by atoms with Gasteiger partial charge in [0, 0.05) is 19.2 Å². The van der Waals surface area contributed by atoms with Gasteiger partial charge < -0.3 is 15.4 Å². The van der Waals surface area contributed by atoms with Crippen LogP contribution in [0.3, 0.4) is 0 Å². The normalized spacial score (nSPS) is 21.1. The lowest BCUT2D eigenvalue weighted by atomic mass is 10.1. The van der Waals surface area contributed by atoms with Crippen LogP contribution in [-0.4, -0.2) is 38.3 Å². The average Bonchev–Trinajstić information content (AvgIpc) is 2.67. The third kappa shape index (κ3) is 4.58. The highest BCUT2D eigenvalue weighted by Gasteiger charge is 2.13. The van der Waals surface area contributed by atoms with E-state index in [0.29, 0.717) is 12.6 Å². The van der Waals surface area contributed by atoms with Gasteiger partial charge in [-0.25, -0.2) is 0 Å². The Kier molecular flexibility index (Phi) is 5.56. The first-order valence-electron chi connectivity index (χ1n) is 5.40. The summed E-state index contributed by atoms with van der Waals surface area (Å²) < 4.78 is 4.99. The molecule has 0 aliphatic carbocycles. The van der Waals surface area contributed by atoms with Gasteiger partial charge in [-0.3, -0.25) is 4.79 Å². The fourth-order valence-corrected chi connectivity index (χ4v) is 1.63. The van der Waals surface area contributed by atoms with Crippen molar-refractivity contribution in [1.29, 1.82) is 0 Å². The molecular weight excluding hydrogens is 180 g/mol. The minimum Gasteiger partial charge on any atom is -0.372 e. The summed E-state index contributed by atoms with van der Waals surface area (Å²) in [6.07, 6.45) is 3.52. The Morgan fingerprint density at radius 3 is 3.14 bits per heavy atom. The number of rotatable bonds is 6. The van der Waals surface area contributed by atoms with Crippen LogP contribution in [0.15, 0.2) is 0 Å². The molecule has 0 bridgehead atoms.